The molecule has 2 aliphatic heterocycles. The highest BCUT2D eigenvalue weighted by molar-refractivity contribution is 5.97. The highest BCUT2D eigenvalue weighted by Gasteiger charge is 2.36. The first-order chi connectivity index (χ1) is 20.0. The Kier molecular flexibility index (Phi) is 9.44. The first-order valence-electron chi connectivity index (χ1n) is 14.5. The van der Waals surface area contributed by atoms with Crippen molar-refractivity contribution >= 4 is 23.4 Å². The van der Waals surface area contributed by atoms with Gasteiger partial charge < -0.3 is 15.5 Å². The summed E-state index contributed by atoms with van der Waals surface area (Å²) in [5.74, 6) is -0.670. The minimum Gasteiger partial charge on any atom is -0.353 e. The second-order valence-electron chi connectivity index (χ2n) is 10.7. The molecule has 8 heteroatoms. The zero-order valence-corrected chi connectivity index (χ0v) is 23.7. The van der Waals surface area contributed by atoms with E-state index in [2.05, 4.69) is 75.9 Å². The number of amides is 3. The fourth-order valence-corrected chi connectivity index (χ4v) is 5.77. The van der Waals surface area contributed by atoms with Crippen LogP contribution < -0.4 is 10.6 Å². The van der Waals surface area contributed by atoms with Crippen LogP contribution in [-0.2, 0) is 20.8 Å². The van der Waals surface area contributed by atoms with Crippen LogP contribution in [0.15, 0.2) is 84.9 Å². The molecule has 5 rings (SSSR count). The van der Waals surface area contributed by atoms with Gasteiger partial charge in [0.1, 0.15) is 6.04 Å². The summed E-state index contributed by atoms with van der Waals surface area (Å²) in [6.45, 7) is 6.26. The van der Waals surface area contributed by atoms with Crippen LogP contribution in [0.1, 0.15) is 36.1 Å². The van der Waals surface area contributed by atoms with E-state index in [1.165, 1.54) is 16.7 Å². The van der Waals surface area contributed by atoms with Gasteiger partial charge in [-0.05, 0) is 35.2 Å². The predicted molar refractivity (Wildman–Crippen MR) is 160 cm³/mol. The largest absolute Gasteiger partial charge is 0.353 e. The summed E-state index contributed by atoms with van der Waals surface area (Å²) in [5.41, 5.74) is 4.38. The number of anilines is 1. The molecule has 8 nitrogen and oxygen atoms in total. The zero-order chi connectivity index (χ0) is 28.6. The van der Waals surface area contributed by atoms with Crippen LogP contribution in [-0.4, -0.2) is 84.3 Å². The minimum atomic E-state index is -0.812. The molecule has 1 atom stereocenters. The van der Waals surface area contributed by atoms with Gasteiger partial charge in [-0.3, -0.25) is 24.2 Å². The molecule has 3 amide bonds. The van der Waals surface area contributed by atoms with Gasteiger partial charge in [0.15, 0.2) is 0 Å². The van der Waals surface area contributed by atoms with E-state index in [1.807, 2.05) is 36.4 Å². The van der Waals surface area contributed by atoms with Crippen LogP contribution >= 0.6 is 0 Å². The summed E-state index contributed by atoms with van der Waals surface area (Å²) < 4.78 is 0. The number of hydrogen-bond donors (Lipinski definition) is 2. The van der Waals surface area contributed by atoms with E-state index in [9.17, 15) is 14.4 Å². The predicted octanol–water partition coefficient (Wildman–Crippen LogP) is 3.31. The molecule has 2 heterocycles. The maximum absolute atomic E-state index is 13.4. The summed E-state index contributed by atoms with van der Waals surface area (Å²) in [5, 5.41) is 5.69. The summed E-state index contributed by atoms with van der Waals surface area (Å²) in [4.78, 5) is 45.2. The van der Waals surface area contributed by atoms with Gasteiger partial charge in [0.2, 0.25) is 17.7 Å². The fraction of sp³-hybridized carbons (Fsp3) is 0.364. The van der Waals surface area contributed by atoms with E-state index in [4.69, 9.17) is 0 Å². The number of benzene rings is 3. The number of nitrogens with one attached hydrogen (secondary N) is 2. The summed E-state index contributed by atoms with van der Waals surface area (Å²) in [7, 11) is 0. The minimum absolute atomic E-state index is 0.0727. The molecular weight excluding hydrogens is 514 g/mol. The average Bonchev–Trinajstić information content (AvgIpc) is 3.00. The van der Waals surface area contributed by atoms with Crippen molar-refractivity contribution in [1.29, 1.82) is 0 Å². The smallest absolute Gasteiger partial charge is 0.243 e. The molecule has 0 aromatic heterocycles. The van der Waals surface area contributed by atoms with E-state index in [0.29, 0.717) is 18.8 Å². The van der Waals surface area contributed by atoms with Gasteiger partial charge >= 0.3 is 0 Å². The summed E-state index contributed by atoms with van der Waals surface area (Å²) in [6, 6.07) is 28.1. The molecule has 214 valence electrons. The van der Waals surface area contributed by atoms with Gasteiger partial charge in [-0.2, -0.15) is 0 Å². The van der Waals surface area contributed by atoms with Crippen molar-refractivity contribution in [2.24, 2.45) is 0 Å². The fourth-order valence-electron chi connectivity index (χ4n) is 5.77. The molecule has 0 radical (unpaired) electrons. The molecule has 0 spiro atoms. The second kappa shape index (κ2) is 13.6. The van der Waals surface area contributed by atoms with Crippen LogP contribution in [0.3, 0.4) is 0 Å². The number of piperazine rings is 2. The highest BCUT2D eigenvalue weighted by Crippen LogP contribution is 2.29. The molecule has 2 fully saturated rings. The van der Waals surface area contributed by atoms with E-state index in [1.54, 1.807) is 4.90 Å². The molecule has 41 heavy (non-hydrogen) atoms. The molecule has 3 aromatic carbocycles. The Morgan fingerprint density at radius 3 is 2.05 bits per heavy atom. The van der Waals surface area contributed by atoms with Crippen molar-refractivity contribution in [2.75, 3.05) is 51.1 Å². The number of nitrogens with zero attached hydrogens (tertiary/aromatic N) is 3. The van der Waals surface area contributed by atoms with E-state index < -0.39 is 6.04 Å². The Morgan fingerprint density at radius 2 is 1.46 bits per heavy atom. The third kappa shape index (κ3) is 7.20. The maximum Gasteiger partial charge on any atom is 0.243 e. The van der Waals surface area contributed by atoms with Gasteiger partial charge in [-0.1, -0.05) is 79.7 Å². The Bertz CT molecular complexity index is 1270. The lowest BCUT2D eigenvalue weighted by molar-refractivity contribution is -0.145. The van der Waals surface area contributed by atoms with Crippen molar-refractivity contribution in [1.82, 2.24) is 20.0 Å². The second-order valence-corrected chi connectivity index (χ2v) is 10.7. The number of carbonyl (C=O) groups excluding carboxylic acids is 3. The molecule has 3 aromatic rings. The van der Waals surface area contributed by atoms with Crippen molar-refractivity contribution in [2.45, 2.75) is 31.8 Å². The summed E-state index contributed by atoms with van der Waals surface area (Å²) in [6.07, 6.45) is 0.847. The quantitative estimate of drug-likeness (QED) is 0.425. The molecule has 2 aliphatic rings. The topological polar surface area (TPSA) is 85.0 Å². The third-order valence-corrected chi connectivity index (χ3v) is 8.04. The van der Waals surface area contributed by atoms with Crippen LogP contribution in [0.5, 0.6) is 0 Å². The number of hydrogen-bond acceptors (Lipinski definition) is 5. The maximum atomic E-state index is 13.4. The van der Waals surface area contributed by atoms with Crippen molar-refractivity contribution in [3.8, 4) is 0 Å². The van der Waals surface area contributed by atoms with E-state index in [0.717, 1.165) is 32.6 Å². The molecule has 0 bridgehead atoms. The van der Waals surface area contributed by atoms with E-state index >= 15 is 0 Å². The van der Waals surface area contributed by atoms with Crippen LogP contribution in [0.25, 0.3) is 0 Å². The SMILES string of the molecule is CCc1ccc(NC(=O)C[C@H]2C(=O)NCCN2C(=O)CN2CCN(C(c3ccccc3)c3ccccc3)CC2)cc1. The Morgan fingerprint density at radius 1 is 0.854 bits per heavy atom. The van der Waals surface area contributed by atoms with Gasteiger partial charge in [0.25, 0.3) is 0 Å². The summed E-state index contributed by atoms with van der Waals surface area (Å²) >= 11 is 0. The number of carbonyl (C=O) groups is 3. The molecule has 2 N–H and O–H groups in total. The van der Waals surface area contributed by atoms with Crippen molar-refractivity contribution in [3.63, 3.8) is 0 Å². The Labute approximate surface area is 242 Å². The Balaban J connectivity index is 1.18. The number of aryl methyl sites for hydroxylation is 1. The standard InChI is InChI=1S/C33H39N5O3/c1-2-25-13-15-28(16-14-25)35-30(39)23-29-33(41)34-17-18-38(29)31(40)24-36-19-21-37(22-20-36)32(26-9-5-3-6-10-26)27-11-7-4-8-12-27/h3-16,29,32H,2,17-24H2,1H3,(H,34,41)(H,35,39)/t29-/m0/s1. The average molecular weight is 554 g/mol. The number of rotatable bonds is 9. The first-order valence-corrected chi connectivity index (χ1v) is 14.5. The van der Waals surface area contributed by atoms with Gasteiger partial charge in [-0.25, -0.2) is 0 Å². The first kappa shape index (κ1) is 28.5. The van der Waals surface area contributed by atoms with Gasteiger partial charge in [0.05, 0.1) is 19.0 Å². The molecule has 0 saturated carbocycles. The highest BCUT2D eigenvalue weighted by atomic mass is 16.2. The molecule has 0 aliphatic carbocycles. The van der Waals surface area contributed by atoms with Gasteiger partial charge in [0, 0.05) is 45.0 Å². The lowest BCUT2D eigenvalue weighted by Crippen LogP contribution is -2.60. The van der Waals surface area contributed by atoms with Crippen molar-refractivity contribution < 1.29 is 14.4 Å². The molecule has 2 saturated heterocycles. The normalized spacial score (nSPS) is 18.2. The zero-order valence-electron chi connectivity index (χ0n) is 23.7. The molecular formula is C33H39N5O3. The van der Waals surface area contributed by atoms with E-state index in [-0.39, 0.29) is 36.7 Å². The van der Waals surface area contributed by atoms with Crippen LogP contribution in [0.4, 0.5) is 5.69 Å². The lowest BCUT2D eigenvalue weighted by Gasteiger charge is -2.41. The third-order valence-electron chi connectivity index (χ3n) is 8.04. The monoisotopic (exact) mass is 553 g/mol. The van der Waals surface area contributed by atoms with Gasteiger partial charge in [-0.15, -0.1) is 0 Å². The van der Waals surface area contributed by atoms with Crippen molar-refractivity contribution in [3.05, 3.63) is 102 Å². The Hall–Kier alpha value is -4.01. The van der Waals surface area contributed by atoms with Crippen LogP contribution in [0.2, 0.25) is 0 Å². The molecule has 0 unspecified atom stereocenters. The lowest BCUT2D eigenvalue weighted by atomic mass is 9.96. The van der Waals surface area contributed by atoms with Crippen LogP contribution in [0, 0.1) is 0 Å².